The maximum Gasteiger partial charge on any atom is 0.236 e. The summed E-state index contributed by atoms with van der Waals surface area (Å²) in [5.74, 6) is 1.13. The first-order valence-corrected chi connectivity index (χ1v) is 8.66. The summed E-state index contributed by atoms with van der Waals surface area (Å²) in [6.45, 7) is 4.53. The van der Waals surface area contributed by atoms with Gasteiger partial charge in [-0.15, -0.1) is 11.3 Å². The van der Waals surface area contributed by atoms with E-state index in [4.69, 9.17) is 0 Å². The Morgan fingerprint density at radius 2 is 2.20 bits per heavy atom. The van der Waals surface area contributed by atoms with Crippen molar-refractivity contribution in [3.8, 4) is 0 Å². The van der Waals surface area contributed by atoms with E-state index in [0.29, 0.717) is 12.6 Å². The Hall–Kier alpha value is -0.870. The van der Waals surface area contributed by atoms with E-state index in [9.17, 15) is 4.79 Å². The summed E-state index contributed by atoms with van der Waals surface area (Å²) in [5.41, 5.74) is 1.35. The van der Waals surface area contributed by atoms with Gasteiger partial charge in [-0.3, -0.25) is 4.79 Å². The highest BCUT2D eigenvalue weighted by Gasteiger charge is 2.23. The molecule has 2 aliphatic rings. The standard InChI is InChI=1S/C16H24N2OS/c1-12-2-4-14(5-3-12)17-10-16(19)18-8-6-15-13(11-18)7-9-20-15/h7,9,12,14,17H,2-6,8,10-11H2,1H3. The van der Waals surface area contributed by atoms with Crippen molar-refractivity contribution in [1.29, 1.82) is 0 Å². The molecule has 1 aromatic heterocycles. The van der Waals surface area contributed by atoms with Crippen LogP contribution in [0.2, 0.25) is 0 Å². The molecule has 3 rings (SSSR count). The average molecular weight is 292 g/mol. The van der Waals surface area contributed by atoms with Gasteiger partial charge in [0.25, 0.3) is 0 Å². The van der Waals surface area contributed by atoms with Crippen LogP contribution in [0.15, 0.2) is 11.4 Å². The molecule has 1 N–H and O–H groups in total. The van der Waals surface area contributed by atoms with Gasteiger partial charge in [-0.1, -0.05) is 6.92 Å². The van der Waals surface area contributed by atoms with E-state index in [2.05, 4.69) is 23.7 Å². The van der Waals surface area contributed by atoms with Gasteiger partial charge in [0.05, 0.1) is 6.54 Å². The summed E-state index contributed by atoms with van der Waals surface area (Å²) < 4.78 is 0. The molecule has 0 bridgehead atoms. The second-order valence-electron chi connectivity index (χ2n) is 6.27. The van der Waals surface area contributed by atoms with Crippen LogP contribution in [0.25, 0.3) is 0 Å². The Morgan fingerprint density at radius 3 is 3.00 bits per heavy atom. The summed E-state index contributed by atoms with van der Waals surface area (Å²) in [6, 6.07) is 2.71. The molecule has 1 saturated carbocycles. The third-order valence-electron chi connectivity index (χ3n) is 4.72. The van der Waals surface area contributed by atoms with Crippen molar-refractivity contribution >= 4 is 17.2 Å². The smallest absolute Gasteiger partial charge is 0.236 e. The molecule has 4 heteroatoms. The first-order valence-electron chi connectivity index (χ1n) is 7.79. The molecule has 2 heterocycles. The quantitative estimate of drug-likeness (QED) is 0.929. The number of carbonyl (C=O) groups is 1. The summed E-state index contributed by atoms with van der Waals surface area (Å²) in [6.07, 6.45) is 6.08. The number of nitrogens with zero attached hydrogens (tertiary/aromatic N) is 1. The largest absolute Gasteiger partial charge is 0.337 e. The molecule has 110 valence electrons. The predicted molar refractivity (Wildman–Crippen MR) is 82.9 cm³/mol. The van der Waals surface area contributed by atoms with E-state index in [1.807, 2.05) is 16.2 Å². The zero-order valence-electron chi connectivity index (χ0n) is 12.2. The lowest BCUT2D eigenvalue weighted by Gasteiger charge is -2.30. The van der Waals surface area contributed by atoms with Crippen LogP contribution in [0, 0.1) is 5.92 Å². The molecular weight excluding hydrogens is 268 g/mol. The van der Waals surface area contributed by atoms with E-state index in [-0.39, 0.29) is 5.91 Å². The number of nitrogens with one attached hydrogen (secondary N) is 1. The molecule has 1 aliphatic carbocycles. The number of thiophene rings is 1. The zero-order valence-corrected chi connectivity index (χ0v) is 13.0. The van der Waals surface area contributed by atoms with Crippen molar-refractivity contribution in [2.24, 2.45) is 5.92 Å². The van der Waals surface area contributed by atoms with Crippen LogP contribution in [-0.4, -0.2) is 29.9 Å². The minimum atomic E-state index is 0.264. The second-order valence-corrected chi connectivity index (χ2v) is 7.27. The van der Waals surface area contributed by atoms with E-state index in [0.717, 1.165) is 25.4 Å². The molecule has 0 unspecified atom stereocenters. The lowest BCUT2D eigenvalue weighted by Crippen LogP contribution is -2.44. The normalized spacial score (nSPS) is 26.4. The van der Waals surface area contributed by atoms with E-state index in [1.165, 1.54) is 36.1 Å². The number of carbonyl (C=O) groups excluding carboxylic acids is 1. The molecular formula is C16H24N2OS. The van der Waals surface area contributed by atoms with Gasteiger partial charge >= 0.3 is 0 Å². The highest BCUT2D eigenvalue weighted by atomic mass is 32.1. The fourth-order valence-corrected chi connectivity index (χ4v) is 4.16. The molecule has 0 radical (unpaired) electrons. The summed E-state index contributed by atoms with van der Waals surface area (Å²) in [4.78, 5) is 15.8. The fraction of sp³-hybridized carbons (Fsp3) is 0.688. The number of hydrogen-bond donors (Lipinski definition) is 1. The molecule has 0 saturated heterocycles. The number of amides is 1. The van der Waals surface area contributed by atoms with Crippen molar-refractivity contribution in [3.63, 3.8) is 0 Å². The van der Waals surface area contributed by atoms with Gasteiger partial charge in [0.15, 0.2) is 0 Å². The minimum Gasteiger partial charge on any atom is -0.337 e. The second kappa shape index (κ2) is 6.27. The van der Waals surface area contributed by atoms with Crippen molar-refractivity contribution in [2.75, 3.05) is 13.1 Å². The maximum absolute atomic E-state index is 12.3. The highest BCUT2D eigenvalue weighted by molar-refractivity contribution is 7.10. The number of hydrogen-bond acceptors (Lipinski definition) is 3. The van der Waals surface area contributed by atoms with Crippen molar-refractivity contribution < 1.29 is 4.79 Å². The van der Waals surface area contributed by atoms with E-state index >= 15 is 0 Å². The maximum atomic E-state index is 12.3. The average Bonchev–Trinajstić information content (AvgIpc) is 2.93. The Morgan fingerprint density at radius 1 is 1.40 bits per heavy atom. The fourth-order valence-electron chi connectivity index (χ4n) is 3.27. The van der Waals surface area contributed by atoms with Gasteiger partial charge in [-0.2, -0.15) is 0 Å². The van der Waals surface area contributed by atoms with Crippen LogP contribution in [0.1, 0.15) is 43.0 Å². The summed E-state index contributed by atoms with van der Waals surface area (Å²) in [5, 5.41) is 5.61. The molecule has 1 aromatic rings. The first kappa shape index (κ1) is 14.1. The molecule has 20 heavy (non-hydrogen) atoms. The summed E-state index contributed by atoms with van der Waals surface area (Å²) >= 11 is 1.82. The number of fused-ring (bicyclic) bond motifs is 1. The lowest BCUT2D eigenvalue weighted by atomic mass is 9.87. The third kappa shape index (κ3) is 3.23. The van der Waals surface area contributed by atoms with Gasteiger partial charge in [0.2, 0.25) is 5.91 Å². The van der Waals surface area contributed by atoms with Crippen LogP contribution in [0.5, 0.6) is 0 Å². The van der Waals surface area contributed by atoms with Gasteiger partial charge in [0.1, 0.15) is 0 Å². The molecule has 0 spiro atoms. The van der Waals surface area contributed by atoms with Gasteiger partial charge in [-0.25, -0.2) is 0 Å². The van der Waals surface area contributed by atoms with Crippen LogP contribution in [0.4, 0.5) is 0 Å². The first-order chi connectivity index (χ1) is 9.72. The monoisotopic (exact) mass is 292 g/mol. The molecule has 0 aromatic carbocycles. The van der Waals surface area contributed by atoms with E-state index < -0.39 is 0 Å². The summed E-state index contributed by atoms with van der Waals surface area (Å²) in [7, 11) is 0. The molecule has 0 atom stereocenters. The molecule has 1 amide bonds. The highest BCUT2D eigenvalue weighted by Crippen LogP contribution is 2.25. The predicted octanol–water partition coefficient (Wildman–Crippen LogP) is 2.80. The molecule has 1 fully saturated rings. The van der Waals surface area contributed by atoms with E-state index in [1.54, 1.807) is 0 Å². The SMILES string of the molecule is CC1CCC(NCC(=O)N2CCc3sccc3C2)CC1. The Balaban J connectivity index is 1.46. The van der Waals surface area contributed by atoms with Crippen LogP contribution in [-0.2, 0) is 17.8 Å². The van der Waals surface area contributed by atoms with Gasteiger partial charge in [-0.05, 0) is 55.0 Å². The van der Waals surface area contributed by atoms with Crippen molar-refractivity contribution in [3.05, 3.63) is 21.9 Å². The Kier molecular flexibility index (Phi) is 4.41. The molecule has 3 nitrogen and oxygen atoms in total. The lowest BCUT2D eigenvalue weighted by molar-refractivity contribution is -0.131. The van der Waals surface area contributed by atoms with Crippen LogP contribution < -0.4 is 5.32 Å². The van der Waals surface area contributed by atoms with Gasteiger partial charge in [0, 0.05) is 24.0 Å². The zero-order chi connectivity index (χ0) is 13.9. The Bertz CT molecular complexity index is 463. The number of rotatable bonds is 3. The topological polar surface area (TPSA) is 32.3 Å². The third-order valence-corrected chi connectivity index (χ3v) is 5.74. The molecule has 1 aliphatic heterocycles. The Labute approximate surface area is 125 Å². The van der Waals surface area contributed by atoms with Crippen molar-refractivity contribution in [2.45, 2.75) is 51.6 Å². The minimum absolute atomic E-state index is 0.264. The van der Waals surface area contributed by atoms with Gasteiger partial charge < -0.3 is 10.2 Å². The van der Waals surface area contributed by atoms with Crippen molar-refractivity contribution in [1.82, 2.24) is 10.2 Å². The van der Waals surface area contributed by atoms with Crippen LogP contribution >= 0.6 is 11.3 Å². The van der Waals surface area contributed by atoms with Crippen LogP contribution in [0.3, 0.4) is 0 Å².